The maximum absolute atomic E-state index is 5.93. The van der Waals surface area contributed by atoms with Crippen LogP contribution in [0, 0.1) is 6.92 Å². The molecule has 1 aliphatic heterocycles. The number of likely N-dealkylation sites (tertiary alicyclic amines) is 1. The Kier molecular flexibility index (Phi) is 3.64. The van der Waals surface area contributed by atoms with Crippen LogP contribution in [0.5, 0.6) is 0 Å². The van der Waals surface area contributed by atoms with Gasteiger partial charge in [-0.15, -0.1) is 11.3 Å². The van der Waals surface area contributed by atoms with Crippen LogP contribution >= 0.6 is 11.3 Å². The van der Waals surface area contributed by atoms with Crippen molar-refractivity contribution < 1.29 is 0 Å². The molecule has 0 saturated carbocycles. The monoisotopic (exact) mass is 273 g/mol. The van der Waals surface area contributed by atoms with Crippen LogP contribution in [-0.2, 0) is 6.54 Å². The Bertz CT molecular complexity index is 547. The molecule has 0 spiro atoms. The molecular weight excluding hydrogens is 254 g/mol. The third-order valence-electron chi connectivity index (χ3n) is 3.54. The summed E-state index contributed by atoms with van der Waals surface area (Å²) in [5.41, 5.74) is 9.58. The van der Waals surface area contributed by atoms with E-state index in [0.717, 1.165) is 36.8 Å². The molecule has 1 aliphatic rings. The van der Waals surface area contributed by atoms with E-state index in [0.29, 0.717) is 6.04 Å². The van der Waals surface area contributed by atoms with E-state index in [1.165, 1.54) is 11.1 Å². The van der Waals surface area contributed by atoms with Crippen molar-refractivity contribution >= 4 is 11.3 Å². The number of aryl methyl sites for hydroxylation is 1. The van der Waals surface area contributed by atoms with E-state index in [-0.39, 0.29) is 0 Å². The van der Waals surface area contributed by atoms with Gasteiger partial charge in [-0.25, -0.2) is 4.98 Å². The van der Waals surface area contributed by atoms with Crippen LogP contribution in [0.25, 0.3) is 10.6 Å². The van der Waals surface area contributed by atoms with Gasteiger partial charge in [0.05, 0.1) is 5.69 Å². The maximum atomic E-state index is 5.93. The Labute approximate surface area is 118 Å². The van der Waals surface area contributed by atoms with E-state index in [1.54, 1.807) is 11.3 Å². The van der Waals surface area contributed by atoms with E-state index < -0.39 is 0 Å². The second-order valence-corrected chi connectivity index (χ2v) is 6.15. The van der Waals surface area contributed by atoms with Gasteiger partial charge in [0.15, 0.2) is 0 Å². The summed E-state index contributed by atoms with van der Waals surface area (Å²) < 4.78 is 0. The Balaban J connectivity index is 1.71. The first-order valence-corrected chi connectivity index (χ1v) is 7.58. The van der Waals surface area contributed by atoms with Crippen molar-refractivity contribution in [2.75, 3.05) is 13.1 Å². The first kappa shape index (κ1) is 12.8. The summed E-state index contributed by atoms with van der Waals surface area (Å²) in [5, 5.41) is 3.28. The van der Waals surface area contributed by atoms with Crippen LogP contribution < -0.4 is 5.73 Å². The van der Waals surface area contributed by atoms with E-state index in [4.69, 9.17) is 10.7 Å². The summed E-state index contributed by atoms with van der Waals surface area (Å²) in [7, 11) is 0. The lowest BCUT2D eigenvalue weighted by molar-refractivity contribution is 0.323. The number of thiazole rings is 1. The summed E-state index contributed by atoms with van der Waals surface area (Å²) in [6, 6.07) is 8.90. The van der Waals surface area contributed by atoms with Gasteiger partial charge in [0.25, 0.3) is 0 Å². The number of rotatable bonds is 3. The van der Waals surface area contributed by atoms with Crippen LogP contribution in [0.3, 0.4) is 0 Å². The van der Waals surface area contributed by atoms with Gasteiger partial charge in [0, 0.05) is 36.6 Å². The molecule has 1 aromatic carbocycles. The highest BCUT2D eigenvalue weighted by molar-refractivity contribution is 7.13. The molecule has 0 bridgehead atoms. The first-order valence-electron chi connectivity index (χ1n) is 6.70. The summed E-state index contributed by atoms with van der Waals surface area (Å²) in [4.78, 5) is 7.12. The van der Waals surface area contributed by atoms with Gasteiger partial charge in [-0.1, -0.05) is 29.8 Å². The van der Waals surface area contributed by atoms with E-state index in [2.05, 4.69) is 41.5 Å². The van der Waals surface area contributed by atoms with Crippen molar-refractivity contribution in [1.82, 2.24) is 9.88 Å². The van der Waals surface area contributed by atoms with Gasteiger partial charge in [0.1, 0.15) is 5.01 Å². The van der Waals surface area contributed by atoms with Crippen molar-refractivity contribution in [2.45, 2.75) is 25.9 Å². The molecule has 2 N–H and O–H groups in total. The molecule has 0 aliphatic carbocycles. The molecule has 1 fully saturated rings. The molecule has 1 unspecified atom stereocenters. The quantitative estimate of drug-likeness (QED) is 0.935. The maximum Gasteiger partial charge on any atom is 0.123 e. The number of aromatic nitrogens is 1. The summed E-state index contributed by atoms with van der Waals surface area (Å²) in [6.07, 6.45) is 1.11. The van der Waals surface area contributed by atoms with Gasteiger partial charge in [0.2, 0.25) is 0 Å². The van der Waals surface area contributed by atoms with Gasteiger partial charge < -0.3 is 5.73 Å². The molecule has 4 heteroatoms. The van der Waals surface area contributed by atoms with Crippen LogP contribution in [0.4, 0.5) is 0 Å². The molecule has 100 valence electrons. The van der Waals surface area contributed by atoms with Crippen molar-refractivity contribution in [3.05, 3.63) is 40.9 Å². The van der Waals surface area contributed by atoms with Crippen molar-refractivity contribution in [3.8, 4) is 10.6 Å². The van der Waals surface area contributed by atoms with Crippen LogP contribution in [0.1, 0.15) is 17.7 Å². The van der Waals surface area contributed by atoms with Gasteiger partial charge >= 0.3 is 0 Å². The number of hydrogen-bond acceptors (Lipinski definition) is 4. The zero-order valence-corrected chi connectivity index (χ0v) is 12.0. The van der Waals surface area contributed by atoms with Gasteiger partial charge in [-0.3, -0.25) is 4.90 Å². The number of hydrogen-bond donors (Lipinski definition) is 1. The highest BCUT2D eigenvalue weighted by Gasteiger charge is 2.19. The zero-order chi connectivity index (χ0) is 13.2. The van der Waals surface area contributed by atoms with E-state index in [9.17, 15) is 0 Å². The molecule has 0 amide bonds. The topological polar surface area (TPSA) is 42.2 Å². The zero-order valence-electron chi connectivity index (χ0n) is 11.2. The van der Waals surface area contributed by atoms with E-state index in [1.807, 2.05) is 0 Å². The summed E-state index contributed by atoms with van der Waals surface area (Å²) in [6.45, 7) is 5.12. The lowest BCUT2D eigenvalue weighted by atomic mass is 10.2. The number of benzene rings is 1. The third-order valence-corrected chi connectivity index (χ3v) is 4.48. The van der Waals surface area contributed by atoms with Crippen molar-refractivity contribution in [1.29, 1.82) is 0 Å². The molecular formula is C15H19N3S. The minimum atomic E-state index is 0.343. The predicted molar refractivity (Wildman–Crippen MR) is 80.2 cm³/mol. The normalized spacial score (nSPS) is 20.0. The minimum Gasteiger partial charge on any atom is -0.326 e. The average Bonchev–Trinajstić information content (AvgIpc) is 3.00. The fraction of sp³-hybridized carbons (Fsp3) is 0.400. The number of nitrogens with zero attached hydrogens (tertiary/aromatic N) is 2. The highest BCUT2D eigenvalue weighted by Crippen LogP contribution is 2.25. The lowest BCUT2D eigenvalue weighted by Gasteiger charge is -2.12. The average molecular weight is 273 g/mol. The highest BCUT2D eigenvalue weighted by atomic mass is 32.1. The van der Waals surface area contributed by atoms with Crippen LogP contribution in [0.2, 0.25) is 0 Å². The first-order chi connectivity index (χ1) is 9.20. The van der Waals surface area contributed by atoms with Crippen LogP contribution in [-0.4, -0.2) is 29.0 Å². The Hall–Kier alpha value is -1.23. The molecule has 19 heavy (non-hydrogen) atoms. The largest absolute Gasteiger partial charge is 0.326 e. The summed E-state index contributed by atoms with van der Waals surface area (Å²) in [5.74, 6) is 0. The van der Waals surface area contributed by atoms with E-state index >= 15 is 0 Å². The molecule has 3 rings (SSSR count). The predicted octanol–water partition coefficient (Wildman–Crippen LogP) is 2.65. The molecule has 1 atom stereocenters. The second kappa shape index (κ2) is 5.41. The van der Waals surface area contributed by atoms with Gasteiger partial charge in [-0.05, 0) is 13.3 Å². The SMILES string of the molecule is Cc1ccc(-c2nc(CN3CCC(N)C3)cs2)cc1. The van der Waals surface area contributed by atoms with Crippen LogP contribution in [0.15, 0.2) is 29.6 Å². The number of nitrogens with two attached hydrogens (primary N) is 1. The van der Waals surface area contributed by atoms with Gasteiger partial charge in [-0.2, -0.15) is 0 Å². The van der Waals surface area contributed by atoms with Crippen molar-refractivity contribution in [3.63, 3.8) is 0 Å². The molecule has 2 heterocycles. The lowest BCUT2D eigenvalue weighted by Crippen LogP contribution is -2.26. The Morgan fingerprint density at radius 2 is 2.16 bits per heavy atom. The fourth-order valence-corrected chi connectivity index (χ4v) is 3.26. The molecule has 2 aromatic rings. The molecule has 3 nitrogen and oxygen atoms in total. The third kappa shape index (κ3) is 3.03. The van der Waals surface area contributed by atoms with Crippen molar-refractivity contribution in [2.24, 2.45) is 5.73 Å². The Morgan fingerprint density at radius 1 is 1.37 bits per heavy atom. The second-order valence-electron chi connectivity index (χ2n) is 5.29. The summed E-state index contributed by atoms with van der Waals surface area (Å²) >= 11 is 1.72. The Morgan fingerprint density at radius 3 is 2.84 bits per heavy atom. The molecule has 1 saturated heterocycles. The molecule has 1 aromatic heterocycles. The smallest absolute Gasteiger partial charge is 0.123 e. The standard InChI is InChI=1S/C15H19N3S/c1-11-2-4-12(5-3-11)15-17-14(10-19-15)9-18-7-6-13(16)8-18/h2-5,10,13H,6-9,16H2,1H3. The fourth-order valence-electron chi connectivity index (χ4n) is 2.44. The molecule has 0 radical (unpaired) electrons. The minimum absolute atomic E-state index is 0.343.